The predicted molar refractivity (Wildman–Crippen MR) is 76.8 cm³/mol. The number of carbonyl (C=O) groups excluding carboxylic acids is 1. The van der Waals surface area contributed by atoms with Crippen molar-refractivity contribution < 1.29 is 4.79 Å². The Morgan fingerprint density at radius 1 is 1.29 bits per heavy atom. The summed E-state index contributed by atoms with van der Waals surface area (Å²) in [5.41, 5.74) is 0. The Hall–Kier alpha value is -0.870. The summed E-state index contributed by atoms with van der Waals surface area (Å²) >= 11 is 5.01. The van der Waals surface area contributed by atoms with Gasteiger partial charge in [-0.2, -0.15) is 0 Å². The van der Waals surface area contributed by atoms with Gasteiger partial charge in [0.2, 0.25) is 0 Å². The molecule has 0 unspecified atom stereocenters. The van der Waals surface area contributed by atoms with Crippen molar-refractivity contribution in [3.63, 3.8) is 0 Å². The summed E-state index contributed by atoms with van der Waals surface area (Å²) in [4.78, 5) is 14.9. The van der Waals surface area contributed by atoms with E-state index in [0.717, 1.165) is 32.5 Å². The van der Waals surface area contributed by atoms with Crippen molar-refractivity contribution in [2.24, 2.45) is 0 Å². The van der Waals surface area contributed by atoms with Crippen LogP contribution in [0.3, 0.4) is 0 Å². The Kier molecular flexibility index (Phi) is 3.84. The molecule has 0 aliphatic carbocycles. The van der Waals surface area contributed by atoms with Crippen LogP contribution in [0.25, 0.3) is 10.1 Å². The summed E-state index contributed by atoms with van der Waals surface area (Å²) in [6.45, 7) is 5.52. The van der Waals surface area contributed by atoms with Gasteiger partial charge in [0.1, 0.15) is 0 Å². The SMILES string of the molecule is CCN(CC)C(=O)c1cc2cc(Br)ccc2s1. The number of carbonyl (C=O) groups is 1. The van der Waals surface area contributed by atoms with Crippen LogP contribution in [0.5, 0.6) is 0 Å². The highest BCUT2D eigenvalue weighted by atomic mass is 79.9. The smallest absolute Gasteiger partial charge is 0.263 e. The van der Waals surface area contributed by atoms with Gasteiger partial charge < -0.3 is 4.90 Å². The number of nitrogens with zero attached hydrogens (tertiary/aromatic N) is 1. The third kappa shape index (κ3) is 2.53. The van der Waals surface area contributed by atoms with Gasteiger partial charge in [0.25, 0.3) is 5.91 Å². The molecule has 4 heteroatoms. The van der Waals surface area contributed by atoms with E-state index >= 15 is 0 Å². The van der Waals surface area contributed by atoms with Crippen LogP contribution in [-0.4, -0.2) is 23.9 Å². The van der Waals surface area contributed by atoms with E-state index in [9.17, 15) is 4.79 Å². The maximum Gasteiger partial charge on any atom is 0.263 e. The van der Waals surface area contributed by atoms with E-state index < -0.39 is 0 Å². The number of fused-ring (bicyclic) bond motifs is 1. The zero-order valence-corrected chi connectivity index (χ0v) is 12.3. The molecular weight excluding hydrogens is 298 g/mol. The highest BCUT2D eigenvalue weighted by Gasteiger charge is 2.15. The van der Waals surface area contributed by atoms with Gasteiger partial charge in [0, 0.05) is 22.3 Å². The minimum atomic E-state index is 0.132. The lowest BCUT2D eigenvalue weighted by Crippen LogP contribution is -2.29. The van der Waals surface area contributed by atoms with Crippen LogP contribution in [0.2, 0.25) is 0 Å². The van der Waals surface area contributed by atoms with Gasteiger partial charge >= 0.3 is 0 Å². The Balaban J connectivity index is 2.39. The average molecular weight is 312 g/mol. The van der Waals surface area contributed by atoms with Crippen molar-refractivity contribution in [1.29, 1.82) is 0 Å². The summed E-state index contributed by atoms with van der Waals surface area (Å²) in [7, 11) is 0. The number of rotatable bonds is 3. The van der Waals surface area contributed by atoms with E-state index in [1.165, 1.54) is 0 Å². The van der Waals surface area contributed by atoms with Crippen LogP contribution < -0.4 is 0 Å². The molecule has 1 aromatic heterocycles. The second-order valence-corrected chi connectivity index (χ2v) is 5.77. The van der Waals surface area contributed by atoms with Gasteiger partial charge in [-0.25, -0.2) is 0 Å². The second kappa shape index (κ2) is 5.19. The standard InChI is InChI=1S/C13H14BrNOS/c1-3-15(4-2)13(16)12-8-9-7-10(14)5-6-11(9)17-12/h5-8H,3-4H2,1-2H3. The zero-order chi connectivity index (χ0) is 12.4. The first-order valence-electron chi connectivity index (χ1n) is 5.64. The van der Waals surface area contributed by atoms with Crippen LogP contribution in [0, 0.1) is 0 Å². The van der Waals surface area contributed by atoms with Crippen molar-refractivity contribution in [3.05, 3.63) is 33.6 Å². The van der Waals surface area contributed by atoms with E-state index in [-0.39, 0.29) is 5.91 Å². The van der Waals surface area contributed by atoms with E-state index in [4.69, 9.17) is 0 Å². The third-order valence-electron chi connectivity index (χ3n) is 2.74. The van der Waals surface area contributed by atoms with Gasteiger partial charge in [0.05, 0.1) is 4.88 Å². The lowest BCUT2D eigenvalue weighted by atomic mass is 10.2. The first-order valence-corrected chi connectivity index (χ1v) is 7.25. The first kappa shape index (κ1) is 12.6. The maximum atomic E-state index is 12.2. The summed E-state index contributed by atoms with van der Waals surface area (Å²) < 4.78 is 2.20. The zero-order valence-electron chi connectivity index (χ0n) is 9.87. The quantitative estimate of drug-likeness (QED) is 0.834. The lowest BCUT2D eigenvalue weighted by molar-refractivity contribution is 0.0778. The summed E-state index contributed by atoms with van der Waals surface area (Å²) in [5, 5.41) is 1.12. The molecule has 0 aliphatic heterocycles. The number of amides is 1. The summed E-state index contributed by atoms with van der Waals surface area (Å²) in [5.74, 6) is 0.132. The van der Waals surface area contributed by atoms with E-state index in [1.54, 1.807) is 11.3 Å². The molecule has 90 valence electrons. The minimum Gasteiger partial charge on any atom is -0.339 e. The molecule has 0 radical (unpaired) electrons. The van der Waals surface area contributed by atoms with Crippen molar-refractivity contribution in [1.82, 2.24) is 4.90 Å². The van der Waals surface area contributed by atoms with Crippen LogP contribution >= 0.6 is 27.3 Å². The van der Waals surface area contributed by atoms with Gasteiger partial charge in [0.15, 0.2) is 0 Å². The molecular formula is C13H14BrNOS. The summed E-state index contributed by atoms with van der Waals surface area (Å²) in [6.07, 6.45) is 0. The molecule has 1 aromatic carbocycles. The number of thiophene rings is 1. The van der Waals surface area contributed by atoms with Crippen molar-refractivity contribution in [2.45, 2.75) is 13.8 Å². The monoisotopic (exact) mass is 311 g/mol. The minimum absolute atomic E-state index is 0.132. The fourth-order valence-corrected chi connectivity index (χ4v) is 3.18. The topological polar surface area (TPSA) is 20.3 Å². The highest BCUT2D eigenvalue weighted by Crippen LogP contribution is 2.28. The molecule has 1 heterocycles. The average Bonchev–Trinajstić information content (AvgIpc) is 2.73. The molecule has 0 saturated heterocycles. The molecule has 0 fully saturated rings. The lowest BCUT2D eigenvalue weighted by Gasteiger charge is -2.17. The third-order valence-corrected chi connectivity index (χ3v) is 4.34. The molecule has 0 N–H and O–H groups in total. The van der Waals surface area contributed by atoms with Crippen LogP contribution in [-0.2, 0) is 0 Å². The first-order chi connectivity index (χ1) is 8.15. The number of hydrogen-bond donors (Lipinski definition) is 0. The fourth-order valence-electron chi connectivity index (χ4n) is 1.79. The van der Waals surface area contributed by atoms with E-state index in [2.05, 4.69) is 15.9 Å². The van der Waals surface area contributed by atoms with Crippen molar-refractivity contribution >= 4 is 43.3 Å². The molecule has 2 rings (SSSR count). The fraction of sp³-hybridized carbons (Fsp3) is 0.308. The molecule has 2 aromatic rings. The molecule has 0 spiro atoms. The second-order valence-electron chi connectivity index (χ2n) is 3.77. The van der Waals surface area contributed by atoms with Gasteiger partial charge in [-0.3, -0.25) is 4.79 Å². The van der Waals surface area contributed by atoms with Crippen LogP contribution in [0.1, 0.15) is 23.5 Å². The van der Waals surface area contributed by atoms with Gasteiger partial charge in [-0.05, 0) is 43.5 Å². The molecule has 0 bridgehead atoms. The molecule has 0 aliphatic rings. The number of halogens is 1. The highest BCUT2D eigenvalue weighted by molar-refractivity contribution is 9.10. The Morgan fingerprint density at radius 2 is 2.00 bits per heavy atom. The largest absolute Gasteiger partial charge is 0.339 e. The van der Waals surface area contributed by atoms with E-state index in [1.807, 2.05) is 43.0 Å². The van der Waals surface area contributed by atoms with Gasteiger partial charge in [-0.15, -0.1) is 11.3 Å². The molecule has 0 saturated carbocycles. The van der Waals surface area contributed by atoms with Crippen molar-refractivity contribution in [3.8, 4) is 0 Å². The van der Waals surface area contributed by atoms with Crippen LogP contribution in [0.4, 0.5) is 0 Å². The normalized spacial score (nSPS) is 10.8. The maximum absolute atomic E-state index is 12.2. The number of benzene rings is 1. The molecule has 0 atom stereocenters. The summed E-state index contributed by atoms with van der Waals surface area (Å²) in [6, 6.07) is 8.07. The Labute approximate surface area is 113 Å². The van der Waals surface area contributed by atoms with Gasteiger partial charge in [-0.1, -0.05) is 15.9 Å². The Bertz CT molecular complexity index is 545. The van der Waals surface area contributed by atoms with Crippen molar-refractivity contribution in [2.75, 3.05) is 13.1 Å². The van der Waals surface area contributed by atoms with Crippen LogP contribution in [0.15, 0.2) is 28.7 Å². The van der Waals surface area contributed by atoms with E-state index in [0.29, 0.717) is 0 Å². The molecule has 2 nitrogen and oxygen atoms in total. The number of hydrogen-bond acceptors (Lipinski definition) is 2. The molecule has 1 amide bonds. The molecule has 17 heavy (non-hydrogen) atoms. The Morgan fingerprint density at radius 3 is 2.65 bits per heavy atom. The predicted octanol–water partition coefficient (Wildman–Crippen LogP) is 4.15.